The Labute approximate surface area is 194 Å². The van der Waals surface area contributed by atoms with E-state index in [1.54, 1.807) is 6.33 Å². The molecule has 1 N–H and O–H groups in total. The number of hydrogen-bond donors (Lipinski definition) is 1. The number of imidazole rings is 1. The van der Waals surface area contributed by atoms with E-state index in [2.05, 4.69) is 33.1 Å². The average Bonchev–Trinajstić information content (AvgIpc) is 3.23. The molecule has 1 aromatic heterocycles. The number of amides is 1. The molecule has 0 bridgehead atoms. The number of anilines is 1. The minimum Gasteiger partial charge on any atom is -0.444 e. The fourth-order valence-electron chi connectivity index (χ4n) is 4.18. The topological polar surface area (TPSA) is 85.2 Å². The van der Waals surface area contributed by atoms with Gasteiger partial charge in [0.1, 0.15) is 5.60 Å². The van der Waals surface area contributed by atoms with Crippen molar-refractivity contribution in [3.05, 3.63) is 83.4 Å². The molecule has 0 saturated carbocycles. The number of nitriles is 1. The monoisotopic (exact) mass is 443 g/mol. The molecular formula is C26H29N5O2. The number of aromatic amines is 1. The highest BCUT2D eigenvalue weighted by molar-refractivity contribution is 5.70. The zero-order valence-corrected chi connectivity index (χ0v) is 19.3. The van der Waals surface area contributed by atoms with E-state index < -0.39 is 5.60 Å². The Kier molecular flexibility index (Phi) is 6.36. The molecule has 1 unspecified atom stereocenters. The smallest absolute Gasteiger partial charge is 0.410 e. The first-order valence-electron chi connectivity index (χ1n) is 11.1. The maximum atomic E-state index is 13.4. The number of benzene rings is 2. The predicted molar refractivity (Wildman–Crippen MR) is 127 cm³/mol. The van der Waals surface area contributed by atoms with Crippen LogP contribution in [0.15, 0.2) is 61.1 Å². The minimum absolute atomic E-state index is 0.122. The molecule has 7 heteroatoms. The Morgan fingerprint density at radius 2 is 2.03 bits per heavy atom. The summed E-state index contributed by atoms with van der Waals surface area (Å²) in [5, 5.41) is 9.48. The Balaban J connectivity index is 1.75. The molecule has 0 fully saturated rings. The zero-order valence-electron chi connectivity index (χ0n) is 19.3. The molecule has 2 aromatic carbocycles. The van der Waals surface area contributed by atoms with Gasteiger partial charge in [-0.2, -0.15) is 5.26 Å². The molecule has 2 heterocycles. The van der Waals surface area contributed by atoms with Gasteiger partial charge in [0.25, 0.3) is 0 Å². The average molecular weight is 444 g/mol. The molecule has 1 atom stereocenters. The maximum absolute atomic E-state index is 13.4. The van der Waals surface area contributed by atoms with Gasteiger partial charge in [-0.3, -0.25) is 4.90 Å². The van der Waals surface area contributed by atoms with Crippen LogP contribution in [0.1, 0.15) is 43.2 Å². The van der Waals surface area contributed by atoms with E-state index in [0.29, 0.717) is 31.6 Å². The van der Waals surface area contributed by atoms with Crippen molar-refractivity contribution in [1.82, 2.24) is 14.9 Å². The summed E-state index contributed by atoms with van der Waals surface area (Å²) in [6.07, 6.45) is 3.83. The van der Waals surface area contributed by atoms with Gasteiger partial charge in [0, 0.05) is 18.4 Å². The summed E-state index contributed by atoms with van der Waals surface area (Å²) in [6.45, 7) is 7.23. The third-order valence-corrected chi connectivity index (χ3v) is 5.62. The molecule has 170 valence electrons. The molecule has 0 saturated heterocycles. The zero-order chi connectivity index (χ0) is 23.4. The number of rotatable bonds is 4. The summed E-state index contributed by atoms with van der Waals surface area (Å²) in [6, 6.07) is 18.0. The molecule has 3 aromatic rings. The van der Waals surface area contributed by atoms with Crippen LogP contribution in [-0.4, -0.2) is 39.1 Å². The number of nitrogens with one attached hydrogen (secondary N) is 1. The highest BCUT2D eigenvalue weighted by atomic mass is 16.6. The van der Waals surface area contributed by atoms with Gasteiger partial charge in [0.15, 0.2) is 0 Å². The van der Waals surface area contributed by atoms with Gasteiger partial charge in [0.2, 0.25) is 0 Å². The van der Waals surface area contributed by atoms with Crippen molar-refractivity contribution in [3.63, 3.8) is 0 Å². The first-order chi connectivity index (χ1) is 15.8. The van der Waals surface area contributed by atoms with Gasteiger partial charge in [-0.15, -0.1) is 0 Å². The van der Waals surface area contributed by atoms with Crippen LogP contribution in [0.3, 0.4) is 0 Å². The van der Waals surface area contributed by atoms with Gasteiger partial charge in [-0.25, -0.2) is 9.78 Å². The highest BCUT2D eigenvalue weighted by Crippen LogP contribution is 2.31. The molecule has 33 heavy (non-hydrogen) atoms. The molecule has 1 aliphatic heterocycles. The van der Waals surface area contributed by atoms with Gasteiger partial charge in [0.05, 0.1) is 42.8 Å². The molecule has 0 radical (unpaired) electrons. The fraction of sp³-hybridized carbons (Fsp3) is 0.346. The standard InChI is InChI=1S/C26H29N5O2/c1-26(2,3)33-25(32)31-15-21-11-20(13-27)9-10-24(21)30(16-22-14-28-18-29-22)17-23(31)12-19-7-5-4-6-8-19/h4-11,14,18,23H,12,15-17H2,1-3H3,(H,28,29). The summed E-state index contributed by atoms with van der Waals surface area (Å²) >= 11 is 0. The lowest BCUT2D eigenvalue weighted by Gasteiger charge is -2.34. The van der Waals surface area contributed by atoms with Crippen LogP contribution >= 0.6 is 0 Å². The third kappa shape index (κ3) is 5.53. The van der Waals surface area contributed by atoms with Gasteiger partial charge in [-0.05, 0) is 56.5 Å². The van der Waals surface area contributed by atoms with E-state index in [1.807, 2.05) is 68.3 Å². The van der Waals surface area contributed by atoms with Crippen LogP contribution in [0.5, 0.6) is 0 Å². The number of fused-ring (bicyclic) bond motifs is 1. The van der Waals surface area contributed by atoms with Crippen LogP contribution < -0.4 is 4.90 Å². The number of carbonyl (C=O) groups is 1. The minimum atomic E-state index is -0.604. The third-order valence-electron chi connectivity index (χ3n) is 5.62. The number of ether oxygens (including phenoxy) is 1. The second-order valence-corrected chi connectivity index (χ2v) is 9.36. The van der Waals surface area contributed by atoms with Crippen molar-refractivity contribution in [2.75, 3.05) is 11.4 Å². The number of hydrogen-bond acceptors (Lipinski definition) is 5. The van der Waals surface area contributed by atoms with E-state index in [0.717, 1.165) is 22.5 Å². The lowest BCUT2D eigenvalue weighted by Crippen LogP contribution is -2.47. The molecule has 0 spiro atoms. The van der Waals surface area contributed by atoms with Crippen molar-refractivity contribution >= 4 is 11.8 Å². The van der Waals surface area contributed by atoms with Gasteiger partial charge < -0.3 is 14.6 Å². The lowest BCUT2D eigenvalue weighted by atomic mass is 10.0. The second-order valence-electron chi connectivity index (χ2n) is 9.36. The van der Waals surface area contributed by atoms with E-state index in [-0.39, 0.29) is 12.1 Å². The molecular weight excluding hydrogens is 414 g/mol. The summed E-state index contributed by atoms with van der Waals surface area (Å²) in [5.74, 6) is 0. The predicted octanol–water partition coefficient (Wildman–Crippen LogP) is 4.65. The van der Waals surface area contributed by atoms with Crippen LogP contribution in [0.2, 0.25) is 0 Å². The fourth-order valence-corrected chi connectivity index (χ4v) is 4.18. The van der Waals surface area contributed by atoms with E-state index in [9.17, 15) is 10.1 Å². The van der Waals surface area contributed by atoms with Crippen LogP contribution in [0.25, 0.3) is 0 Å². The SMILES string of the molecule is CC(C)(C)OC(=O)N1Cc2cc(C#N)ccc2N(Cc2cnc[nH]2)CC1Cc1ccccc1. The van der Waals surface area contributed by atoms with E-state index in [4.69, 9.17) is 4.74 Å². The first kappa shape index (κ1) is 22.4. The van der Waals surface area contributed by atoms with Crippen LogP contribution in [0.4, 0.5) is 10.5 Å². The summed E-state index contributed by atoms with van der Waals surface area (Å²) in [5.41, 5.74) is 4.03. The molecule has 1 amide bonds. The maximum Gasteiger partial charge on any atom is 0.410 e. The van der Waals surface area contributed by atoms with Gasteiger partial charge in [-0.1, -0.05) is 30.3 Å². The number of nitrogens with zero attached hydrogens (tertiary/aromatic N) is 4. The number of aromatic nitrogens is 2. The van der Waals surface area contributed by atoms with Crippen molar-refractivity contribution in [3.8, 4) is 6.07 Å². The summed E-state index contributed by atoms with van der Waals surface area (Å²) in [7, 11) is 0. The quantitative estimate of drug-likeness (QED) is 0.634. The largest absolute Gasteiger partial charge is 0.444 e. The molecule has 1 aliphatic rings. The van der Waals surface area contributed by atoms with Crippen molar-refractivity contribution in [2.45, 2.75) is 51.9 Å². The Bertz CT molecular complexity index is 1130. The molecule has 4 rings (SSSR count). The van der Waals surface area contributed by atoms with Crippen molar-refractivity contribution < 1.29 is 9.53 Å². The second kappa shape index (κ2) is 9.37. The van der Waals surface area contributed by atoms with Crippen molar-refractivity contribution in [2.24, 2.45) is 0 Å². The van der Waals surface area contributed by atoms with Crippen molar-refractivity contribution in [1.29, 1.82) is 5.26 Å². The first-order valence-corrected chi connectivity index (χ1v) is 11.1. The van der Waals surface area contributed by atoms with Crippen LogP contribution in [-0.2, 0) is 24.2 Å². The summed E-state index contributed by atoms with van der Waals surface area (Å²) in [4.78, 5) is 24.8. The Hall–Kier alpha value is -3.79. The van der Waals surface area contributed by atoms with E-state index in [1.165, 1.54) is 0 Å². The summed E-state index contributed by atoms with van der Waals surface area (Å²) < 4.78 is 5.80. The normalized spacial score (nSPS) is 16.0. The Morgan fingerprint density at radius 3 is 2.70 bits per heavy atom. The number of carbonyl (C=O) groups excluding carboxylic acids is 1. The lowest BCUT2D eigenvalue weighted by molar-refractivity contribution is 0.0152. The van der Waals surface area contributed by atoms with E-state index >= 15 is 0 Å². The highest BCUT2D eigenvalue weighted by Gasteiger charge is 2.34. The number of H-pyrrole nitrogens is 1. The Morgan fingerprint density at radius 1 is 1.24 bits per heavy atom. The molecule has 0 aliphatic carbocycles. The van der Waals surface area contributed by atoms with Crippen LogP contribution in [0, 0.1) is 11.3 Å². The van der Waals surface area contributed by atoms with Gasteiger partial charge >= 0.3 is 6.09 Å². The molecule has 7 nitrogen and oxygen atoms in total.